The van der Waals surface area contributed by atoms with Crippen molar-refractivity contribution in [2.45, 2.75) is 31.3 Å². The second-order valence-electron chi connectivity index (χ2n) is 7.52. The molecule has 1 N–H and O–H groups in total. The van der Waals surface area contributed by atoms with Gasteiger partial charge in [0.1, 0.15) is 5.82 Å². The number of nitrogens with one attached hydrogen (secondary N) is 1. The summed E-state index contributed by atoms with van der Waals surface area (Å²) < 4.78 is 39.8. The monoisotopic (exact) mass is 440 g/mol. The number of aryl methyl sites for hydroxylation is 1. The van der Waals surface area contributed by atoms with Crippen LogP contribution >= 0.6 is 0 Å². The van der Waals surface area contributed by atoms with Gasteiger partial charge in [-0.25, -0.2) is 12.8 Å². The lowest BCUT2D eigenvalue weighted by molar-refractivity contribution is 0.0940. The van der Waals surface area contributed by atoms with Crippen molar-refractivity contribution in [1.82, 2.24) is 9.62 Å². The normalized spacial score (nSPS) is 12.5. The third-order valence-corrected chi connectivity index (χ3v) is 6.89. The predicted octanol–water partition coefficient (Wildman–Crippen LogP) is 4.45. The van der Waals surface area contributed by atoms with Crippen LogP contribution in [-0.2, 0) is 16.6 Å². The molecule has 0 fully saturated rings. The molecule has 0 aliphatic carbocycles. The van der Waals surface area contributed by atoms with Gasteiger partial charge in [-0.3, -0.25) is 4.79 Å². The summed E-state index contributed by atoms with van der Waals surface area (Å²) in [5.74, 6) is -0.587. The molecule has 31 heavy (non-hydrogen) atoms. The van der Waals surface area contributed by atoms with E-state index < -0.39 is 10.0 Å². The Labute approximate surface area is 182 Å². The van der Waals surface area contributed by atoms with Crippen LogP contribution in [0.4, 0.5) is 4.39 Å². The highest BCUT2D eigenvalue weighted by Crippen LogP contribution is 2.18. The van der Waals surface area contributed by atoms with Crippen LogP contribution in [-0.4, -0.2) is 25.7 Å². The second-order valence-corrected chi connectivity index (χ2v) is 9.56. The van der Waals surface area contributed by atoms with Crippen molar-refractivity contribution in [2.24, 2.45) is 0 Å². The maximum absolute atomic E-state index is 13.1. The summed E-state index contributed by atoms with van der Waals surface area (Å²) in [7, 11) is -2.07. The van der Waals surface area contributed by atoms with Gasteiger partial charge in [0.25, 0.3) is 5.91 Å². The molecule has 0 saturated heterocycles. The summed E-state index contributed by atoms with van der Waals surface area (Å²) in [6, 6.07) is 19.2. The molecular formula is C24H25FN2O3S. The third kappa shape index (κ3) is 5.57. The number of carbonyl (C=O) groups is 1. The number of benzene rings is 3. The van der Waals surface area contributed by atoms with E-state index in [1.54, 1.807) is 60.7 Å². The van der Waals surface area contributed by atoms with Crippen molar-refractivity contribution in [3.8, 4) is 0 Å². The first-order valence-corrected chi connectivity index (χ1v) is 11.3. The van der Waals surface area contributed by atoms with Crippen LogP contribution < -0.4 is 5.32 Å². The lowest BCUT2D eigenvalue weighted by Crippen LogP contribution is -2.27. The molecule has 0 aliphatic heterocycles. The first-order chi connectivity index (χ1) is 14.7. The van der Waals surface area contributed by atoms with Crippen LogP contribution in [0.2, 0.25) is 0 Å². The van der Waals surface area contributed by atoms with E-state index in [2.05, 4.69) is 5.32 Å². The average Bonchev–Trinajstić information content (AvgIpc) is 2.75. The molecule has 0 saturated carbocycles. The van der Waals surface area contributed by atoms with Gasteiger partial charge >= 0.3 is 0 Å². The largest absolute Gasteiger partial charge is 0.346 e. The molecule has 0 radical (unpaired) electrons. The fourth-order valence-electron chi connectivity index (χ4n) is 3.11. The third-order valence-electron chi connectivity index (χ3n) is 5.07. The van der Waals surface area contributed by atoms with Crippen molar-refractivity contribution in [1.29, 1.82) is 0 Å². The standard InChI is InChI=1S/C24H25FN2O3S/c1-17-4-14-23(15-5-17)31(29,30)27(3)16-19-6-8-21(9-7-19)24(28)26-18(2)20-10-12-22(25)13-11-20/h4-15,18H,16H2,1-3H3,(H,26,28)/t18-/m0/s1. The number of rotatable bonds is 7. The molecule has 0 spiro atoms. The van der Waals surface area contributed by atoms with Gasteiger partial charge in [0.05, 0.1) is 10.9 Å². The van der Waals surface area contributed by atoms with E-state index in [0.29, 0.717) is 5.56 Å². The van der Waals surface area contributed by atoms with E-state index in [1.165, 1.54) is 23.5 Å². The van der Waals surface area contributed by atoms with E-state index in [9.17, 15) is 17.6 Å². The summed E-state index contributed by atoms with van der Waals surface area (Å²) in [5, 5.41) is 2.87. The number of sulfonamides is 1. The molecule has 1 amide bonds. The molecule has 0 unspecified atom stereocenters. The Morgan fingerprint density at radius 1 is 0.968 bits per heavy atom. The minimum Gasteiger partial charge on any atom is -0.346 e. The molecule has 0 aromatic heterocycles. The minimum absolute atomic E-state index is 0.185. The van der Waals surface area contributed by atoms with E-state index in [-0.39, 0.29) is 29.2 Å². The molecule has 0 heterocycles. The van der Waals surface area contributed by atoms with Crippen molar-refractivity contribution in [2.75, 3.05) is 7.05 Å². The molecule has 1 atom stereocenters. The Morgan fingerprint density at radius 2 is 1.55 bits per heavy atom. The fraction of sp³-hybridized carbons (Fsp3) is 0.208. The maximum Gasteiger partial charge on any atom is 0.251 e. The summed E-state index contributed by atoms with van der Waals surface area (Å²) >= 11 is 0. The van der Waals surface area contributed by atoms with Crippen LogP contribution in [0.15, 0.2) is 77.7 Å². The van der Waals surface area contributed by atoms with Crippen LogP contribution in [0.25, 0.3) is 0 Å². The molecular weight excluding hydrogens is 415 g/mol. The zero-order chi connectivity index (χ0) is 22.6. The SMILES string of the molecule is Cc1ccc(S(=O)(=O)N(C)Cc2ccc(C(=O)N[C@@H](C)c3ccc(F)cc3)cc2)cc1. The number of hydrogen-bond donors (Lipinski definition) is 1. The van der Waals surface area contributed by atoms with Crippen molar-refractivity contribution in [3.63, 3.8) is 0 Å². The summed E-state index contributed by atoms with van der Waals surface area (Å²) in [6.07, 6.45) is 0. The Balaban J connectivity index is 1.64. The molecule has 162 valence electrons. The Morgan fingerprint density at radius 3 is 2.13 bits per heavy atom. The number of carbonyl (C=O) groups excluding carboxylic acids is 1. The van der Waals surface area contributed by atoms with E-state index in [0.717, 1.165) is 16.7 Å². The zero-order valence-corrected chi connectivity index (χ0v) is 18.5. The van der Waals surface area contributed by atoms with Gasteiger partial charge in [-0.15, -0.1) is 0 Å². The molecule has 3 aromatic rings. The van der Waals surface area contributed by atoms with Gasteiger partial charge in [-0.2, -0.15) is 4.31 Å². The Bertz CT molecular complexity index is 1140. The van der Waals surface area contributed by atoms with Gasteiger partial charge < -0.3 is 5.32 Å². The topological polar surface area (TPSA) is 66.5 Å². The fourth-order valence-corrected chi connectivity index (χ4v) is 4.27. The highest BCUT2D eigenvalue weighted by atomic mass is 32.2. The van der Waals surface area contributed by atoms with Crippen LogP contribution in [0.3, 0.4) is 0 Å². The highest BCUT2D eigenvalue weighted by molar-refractivity contribution is 7.89. The smallest absolute Gasteiger partial charge is 0.251 e. The quantitative estimate of drug-likeness (QED) is 0.590. The first-order valence-electron chi connectivity index (χ1n) is 9.85. The summed E-state index contributed by atoms with van der Waals surface area (Å²) in [5.41, 5.74) is 3.02. The molecule has 3 rings (SSSR count). The zero-order valence-electron chi connectivity index (χ0n) is 17.7. The van der Waals surface area contributed by atoms with Crippen molar-refractivity contribution in [3.05, 3.63) is 101 Å². The predicted molar refractivity (Wildman–Crippen MR) is 119 cm³/mol. The minimum atomic E-state index is -3.60. The van der Waals surface area contributed by atoms with E-state index in [4.69, 9.17) is 0 Å². The number of halogens is 1. The number of nitrogens with zero attached hydrogens (tertiary/aromatic N) is 1. The Kier molecular flexibility index (Phi) is 6.87. The van der Waals surface area contributed by atoms with Gasteiger partial charge in [-0.05, 0) is 61.4 Å². The van der Waals surface area contributed by atoms with Gasteiger partial charge in [0.2, 0.25) is 10.0 Å². The van der Waals surface area contributed by atoms with E-state index in [1.807, 2.05) is 13.8 Å². The second kappa shape index (κ2) is 9.41. The first kappa shape index (κ1) is 22.7. The summed E-state index contributed by atoms with van der Waals surface area (Å²) in [4.78, 5) is 12.8. The van der Waals surface area contributed by atoms with Crippen LogP contribution in [0.1, 0.15) is 40.0 Å². The number of hydrogen-bond acceptors (Lipinski definition) is 3. The maximum atomic E-state index is 13.1. The molecule has 7 heteroatoms. The van der Waals surface area contributed by atoms with Crippen molar-refractivity contribution >= 4 is 15.9 Å². The van der Waals surface area contributed by atoms with Crippen LogP contribution in [0.5, 0.6) is 0 Å². The molecule has 3 aromatic carbocycles. The average molecular weight is 441 g/mol. The van der Waals surface area contributed by atoms with Crippen LogP contribution in [0, 0.1) is 12.7 Å². The van der Waals surface area contributed by atoms with Crippen molar-refractivity contribution < 1.29 is 17.6 Å². The van der Waals surface area contributed by atoms with Gasteiger partial charge in [0.15, 0.2) is 0 Å². The number of amides is 1. The van der Waals surface area contributed by atoms with E-state index >= 15 is 0 Å². The highest BCUT2D eigenvalue weighted by Gasteiger charge is 2.21. The van der Waals surface area contributed by atoms with Gasteiger partial charge in [-0.1, -0.05) is 42.0 Å². The Hall–Kier alpha value is -3.03. The molecule has 5 nitrogen and oxygen atoms in total. The lowest BCUT2D eigenvalue weighted by atomic mass is 10.1. The molecule has 0 bridgehead atoms. The molecule has 0 aliphatic rings. The summed E-state index contributed by atoms with van der Waals surface area (Å²) in [6.45, 7) is 3.91. The lowest BCUT2D eigenvalue weighted by Gasteiger charge is -2.18. The van der Waals surface area contributed by atoms with Gasteiger partial charge in [0, 0.05) is 19.2 Å².